The zero-order chi connectivity index (χ0) is 24.4. The molecule has 1 aliphatic carbocycles. The summed E-state index contributed by atoms with van der Waals surface area (Å²) in [6.07, 6.45) is 3.13. The van der Waals surface area contributed by atoms with Crippen LogP contribution in [-0.2, 0) is 22.4 Å². The lowest BCUT2D eigenvalue weighted by Crippen LogP contribution is -2.48. The van der Waals surface area contributed by atoms with Crippen LogP contribution in [0.5, 0.6) is 5.75 Å². The normalized spacial score (nSPS) is 17.1. The fourth-order valence-electron chi connectivity index (χ4n) is 4.92. The van der Waals surface area contributed by atoms with E-state index in [2.05, 4.69) is 24.4 Å². The molecule has 1 aromatic heterocycles. The lowest BCUT2D eigenvalue weighted by Gasteiger charge is -2.37. The molecule has 0 radical (unpaired) electrons. The van der Waals surface area contributed by atoms with E-state index in [-0.39, 0.29) is 30.4 Å². The van der Waals surface area contributed by atoms with Crippen molar-refractivity contribution >= 4 is 23.2 Å². The number of rotatable bonds is 8. The van der Waals surface area contributed by atoms with Gasteiger partial charge in [-0.3, -0.25) is 9.59 Å². The lowest BCUT2D eigenvalue weighted by molar-refractivity contribution is -0.143. The van der Waals surface area contributed by atoms with Crippen molar-refractivity contribution in [2.45, 2.75) is 51.6 Å². The zero-order valence-electron chi connectivity index (χ0n) is 20.4. The van der Waals surface area contributed by atoms with Crippen LogP contribution in [0.25, 0.3) is 0 Å². The largest absolute Gasteiger partial charge is 0.491 e. The molecule has 1 saturated carbocycles. The van der Waals surface area contributed by atoms with Crippen LogP contribution >= 0.6 is 11.3 Å². The first-order chi connectivity index (χ1) is 17.0. The summed E-state index contributed by atoms with van der Waals surface area (Å²) in [6.45, 7) is 5.31. The summed E-state index contributed by atoms with van der Waals surface area (Å²) >= 11 is 1.75. The van der Waals surface area contributed by atoms with E-state index in [1.165, 1.54) is 16.0 Å². The Morgan fingerprint density at radius 3 is 2.63 bits per heavy atom. The number of carbonyl (C=O) groups is 2. The maximum absolute atomic E-state index is 13.6. The quantitative estimate of drug-likeness (QED) is 0.443. The van der Waals surface area contributed by atoms with Gasteiger partial charge < -0.3 is 14.5 Å². The SMILES string of the molecule is Cc1ccc(OC[C@@H]2c3ccsc3CCN2C(=O)CN(C(=O)Cc2ccccc2)C2CC2)c(C)c1. The Morgan fingerprint density at radius 2 is 1.89 bits per heavy atom. The number of fused-ring (bicyclic) bond motifs is 1. The van der Waals surface area contributed by atoms with Crippen molar-refractivity contribution in [3.05, 3.63) is 87.1 Å². The second kappa shape index (κ2) is 10.2. The van der Waals surface area contributed by atoms with Gasteiger partial charge in [0.2, 0.25) is 11.8 Å². The van der Waals surface area contributed by atoms with Crippen molar-refractivity contribution in [2.75, 3.05) is 19.7 Å². The van der Waals surface area contributed by atoms with Gasteiger partial charge in [-0.05, 0) is 67.3 Å². The van der Waals surface area contributed by atoms with Crippen molar-refractivity contribution in [3.8, 4) is 5.75 Å². The van der Waals surface area contributed by atoms with Crippen LogP contribution < -0.4 is 4.74 Å². The highest BCUT2D eigenvalue weighted by molar-refractivity contribution is 7.10. The first-order valence-corrected chi connectivity index (χ1v) is 13.3. The molecule has 35 heavy (non-hydrogen) atoms. The Hall–Kier alpha value is -3.12. The number of thiophene rings is 1. The van der Waals surface area contributed by atoms with E-state index in [1.54, 1.807) is 16.2 Å². The molecule has 2 aromatic carbocycles. The smallest absolute Gasteiger partial charge is 0.242 e. The van der Waals surface area contributed by atoms with E-state index in [0.717, 1.165) is 36.1 Å². The number of nitrogens with zero attached hydrogens (tertiary/aromatic N) is 2. The molecular formula is C29H32N2O3S. The highest BCUT2D eigenvalue weighted by Gasteiger charge is 2.37. The van der Waals surface area contributed by atoms with Gasteiger partial charge in [0.05, 0.1) is 12.5 Å². The predicted molar refractivity (Wildman–Crippen MR) is 139 cm³/mol. The van der Waals surface area contributed by atoms with Crippen LogP contribution in [0.4, 0.5) is 0 Å². The van der Waals surface area contributed by atoms with Crippen LogP contribution in [0.1, 0.15) is 46.0 Å². The second-order valence-corrected chi connectivity index (χ2v) is 10.6. The summed E-state index contributed by atoms with van der Waals surface area (Å²) in [5.74, 6) is 0.885. The van der Waals surface area contributed by atoms with E-state index in [1.807, 2.05) is 54.3 Å². The van der Waals surface area contributed by atoms with Crippen molar-refractivity contribution < 1.29 is 14.3 Å². The molecular weight excluding hydrogens is 456 g/mol. The molecule has 0 spiro atoms. The van der Waals surface area contributed by atoms with Crippen molar-refractivity contribution in [1.29, 1.82) is 0 Å². The van der Waals surface area contributed by atoms with Crippen LogP contribution in [0.3, 0.4) is 0 Å². The highest BCUT2D eigenvalue weighted by atomic mass is 32.1. The summed E-state index contributed by atoms with van der Waals surface area (Å²) in [4.78, 5) is 31.9. The van der Waals surface area contributed by atoms with Crippen LogP contribution in [0.2, 0.25) is 0 Å². The molecule has 182 valence electrons. The number of hydrogen-bond donors (Lipinski definition) is 0. The third kappa shape index (κ3) is 5.43. The minimum absolute atomic E-state index is 0.00406. The lowest BCUT2D eigenvalue weighted by atomic mass is 10.00. The third-order valence-electron chi connectivity index (χ3n) is 6.95. The fraction of sp³-hybridized carbons (Fsp3) is 0.379. The number of ether oxygens (including phenoxy) is 1. The monoisotopic (exact) mass is 488 g/mol. The topological polar surface area (TPSA) is 49.9 Å². The maximum Gasteiger partial charge on any atom is 0.242 e. The number of carbonyl (C=O) groups excluding carboxylic acids is 2. The van der Waals surface area contributed by atoms with Gasteiger partial charge >= 0.3 is 0 Å². The first-order valence-electron chi connectivity index (χ1n) is 12.4. The minimum atomic E-state index is -0.150. The van der Waals surface area contributed by atoms with E-state index in [9.17, 15) is 9.59 Å². The molecule has 0 unspecified atom stereocenters. The molecule has 1 fully saturated rings. The van der Waals surface area contributed by atoms with Crippen molar-refractivity contribution in [1.82, 2.24) is 9.80 Å². The van der Waals surface area contributed by atoms with E-state index >= 15 is 0 Å². The summed E-state index contributed by atoms with van der Waals surface area (Å²) in [5.41, 5.74) is 4.45. The van der Waals surface area contributed by atoms with Crippen molar-refractivity contribution in [2.24, 2.45) is 0 Å². The molecule has 0 N–H and O–H groups in total. The van der Waals surface area contributed by atoms with Gasteiger partial charge in [-0.1, -0.05) is 48.0 Å². The summed E-state index contributed by atoms with van der Waals surface area (Å²) < 4.78 is 6.26. The predicted octanol–water partition coefficient (Wildman–Crippen LogP) is 5.10. The number of aryl methyl sites for hydroxylation is 2. The molecule has 1 atom stereocenters. The summed E-state index contributed by atoms with van der Waals surface area (Å²) in [5, 5.41) is 2.10. The van der Waals surface area contributed by atoms with Gasteiger partial charge in [0, 0.05) is 17.5 Å². The van der Waals surface area contributed by atoms with Crippen molar-refractivity contribution in [3.63, 3.8) is 0 Å². The van der Waals surface area contributed by atoms with Gasteiger partial charge in [0.1, 0.15) is 18.9 Å². The Morgan fingerprint density at radius 1 is 1.09 bits per heavy atom. The molecule has 6 heteroatoms. The average Bonchev–Trinajstić information content (AvgIpc) is 3.57. The van der Waals surface area contributed by atoms with Crippen LogP contribution in [0, 0.1) is 13.8 Å². The molecule has 5 nitrogen and oxygen atoms in total. The van der Waals surface area contributed by atoms with E-state index in [0.29, 0.717) is 19.6 Å². The van der Waals surface area contributed by atoms with E-state index in [4.69, 9.17) is 4.74 Å². The Balaban J connectivity index is 1.31. The van der Waals surface area contributed by atoms with Gasteiger partial charge in [0.15, 0.2) is 0 Å². The molecule has 2 aliphatic rings. The Labute approximate surface area is 211 Å². The van der Waals surface area contributed by atoms with Crippen LogP contribution in [0.15, 0.2) is 60.0 Å². The highest BCUT2D eigenvalue weighted by Crippen LogP contribution is 2.35. The fourth-order valence-corrected chi connectivity index (χ4v) is 5.85. The first kappa shape index (κ1) is 23.6. The number of hydrogen-bond acceptors (Lipinski definition) is 4. The Bertz CT molecular complexity index is 1200. The third-order valence-corrected chi connectivity index (χ3v) is 7.95. The Kier molecular flexibility index (Phi) is 6.91. The molecule has 1 aliphatic heterocycles. The van der Waals surface area contributed by atoms with E-state index < -0.39 is 0 Å². The number of amides is 2. The molecule has 3 aromatic rings. The average molecular weight is 489 g/mol. The van der Waals surface area contributed by atoms with Gasteiger partial charge in [0.25, 0.3) is 0 Å². The standard InChI is InChI=1S/C29H32N2O3S/c1-20-8-11-26(21(2)16-20)34-19-25-24-13-15-35-27(24)12-14-30(25)29(33)18-31(23-9-10-23)28(32)17-22-6-4-3-5-7-22/h3-8,11,13,15-16,23,25H,9-10,12,14,17-19H2,1-2H3/t25-/m1/s1. The minimum Gasteiger partial charge on any atom is -0.491 e. The van der Waals surface area contributed by atoms with Gasteiger partial charge in [-0.2, -0.15) is 0 Å². The maximum atomic E-state index is 13.6. The van der Waals surface area contributed by atoms with Gasteiger partial charge in [-0.25, -0.2) is 0 Å². The molecule has 0 saturated heterocycles. The molecule has 2 amide bonds. The summed E-state index contributed by atoms with van der Waals surface area (Å²) in [6, 6.07) is 18.1. The molecule has 2 heterocycles. The molecule has 5 rings (SSSR count). The second-order valence-electron chi connectivity index (χ2n) is 9.65. The molecule has 0 bridgehead atoms. The van der Waals surface area contributed by atoms with Gasteiger partial charge in [-0.15, -0.1) is 11.3 Å². The van der Waals surface area contributed by atoms with Crippen LogP contribution in [-0.4, -0.2) is 47.4 Å². The number of benzene rings is 2. The summed E-state index contributed by atoms with van der Waals surface area (Å²) in [7, 11) is 0. The zero-order valence-corrected chi connectivity index (χ0v) is 21.2.